The highest BCUT2D eigenvalue weighted by Gasteiger charge is 2.12. The van der Waals surface area contributed by atoms with E-state index in [4.69, 9.17) is 11.6 Å². The number of aromatic nitrogens is 1. The Hall–Kier alpha value is -0.970. The van der Waals surface area contributed by atoms with E-state index in [2.05, 4.69) is 10.3 Å². The molecule has 0 aliphatic rings. The molecule has 1 atom stereocenters. The van der Waals surface area contributed by atoms with Gasteiger partial charge in [-0.3, -0.25) is 4.98 Å². The van der Waals surface area contributed by atoms with E-state index >= 15 is 0 Å². The topological polar surface area (TPSA) is 24.9 Å². The summed E-state index contributed by atoms with van der Waals surface area (Å²) >= 11 is 7.27. The van der Waals surface area contributed by atoms with Gasteiger partial charge in [-0.1, -0.05) is 17.7 Å². The predicted molar refractivity (Wildman–Crippen MR) is 69.0 cm³/mol. The molecule has 0 saturated heterocycles. The van der Waals surface area contributed by atoms with Crippen LogP contribution in [0.2, 0.25) is 5.02 Å². The zero-order valence-electron chi connectivity index (χ0n) is 9.28. The quantitative estimate of drug-likeness (QED) is 0.921. The molecule has 2 nitrogen and oxygen atoms in total. The summed E-state index contributed by atoms with van der Waals surface area (Å²) in [5.74, 6) is -0.381. The summed E-state index contributed by atoms with van der Waals surface area (Å²) in [6.45, 7) is 0. The van der Waals surface area contributed by atoms with Crippen molar-refractivity contribution in [3.8, 4) is 0 Å². The normalized spacial score (nSPS) is 12.6. The Balaban J connectivity index is 2.20. The van der Waals surface area contributed by atoms with Crippen LogP contribution in [0.5, 0.6) is 0 Å². The Morgan fingerprint density at radius 1 is 1.53 bits per heavy atom. The Bertz CT molecular complexity index is 487. The third-order valence-electron chi connectivity index (χ3n) is 2.58. The molecule has 90 valence electrons. The molecular formula is C12H12ClFN2S. The molecule has 1 aromatic carbocycles. The van der Waals surface area contributed by atoms with Gasteiger partial charge in [-0.05, 0) is 24.7 Å². The number of halogens is 2. The van der Waals surface area contributed by atoms with Crippen LogP contribution in [0.3, 0.4) is 0 Å². The lowest BCUT2D eigenvalue weighted by Crippen LogP contribution is -2.18. The van der Waals surface area contributed by atoms with Gasteiger partial charge in [0.25, 0.3) is 0 Å². The van der Waals surface area contributed by atoms with Crippen LogP contribution in [0.15, 0.2) is 29.9 Å². The average molecular weight is 271 g/mol. The third kappa shape index (κ3) is 3.03. The van der Waals surface area contributed by atoms with Gasteiger partial charge in [0.1, 0.15) is 5.82 Å². The van der Waals surface area contributed by atoms with Crippen molar-refractivity contribution in [2.24, 2.45) is 0 Å². The Morgan fingerprint density at radius 2 is 2.35 bits per heavy atom. The molecule has 0 saturated carbocycles. The van der Waals surface area contributed by atoms with E-state index in [1.807, 2.05) is 19.3 Å². The Labute approximate surface area is 108 Å². The first-order valence-corrected chi connectivity index (χ1v) is 6.46. The maximum absolute atomic E-state index is 13.4. The van der Waals surface area contributed by atoms with Gasteiger partial charge in [0.15, 0.2) is 0 Å². The number of hydrogen-bond donors (Lipinski definition) is 1. The molecule has 0 radical (unpaired) electrons. The van der Waals surface area contributed by atoms with E-state index in [1.165, 1.54) is 10.9 Å². The van der Waals surface area contributed by atoms with Gasteiger partial charge in [0.05, 0.1) is 10.5 Å². The number of thiazole rings is 1. The summed E-state index contributed by atoms with van der Waals surface area (Å²) in [5, 5.41) is 3.33. The van der Waals surface area contributed by atoms with Gasteiger partial charge < -0.3 is 5.32 Å². The van der Waals surface area contributed by atoms with Crippen LogP contribution in [0.1, 0.15) is 16.5 Å². The number of nitrogens with zero attached hydrogens (tertiary/aromatic N) is 1. The molecule has 0 bridgehead atoms. The number of rotatable bonds is 4. The summed E-state index contributed by atoms with van der Waals surface area (Å²) in [6.07, 6.45) is 2.63. The smallest absolute Gasteiger partial charge is 0.142 e. The van der Waals surface area contributed by atoms with E-state index in [9.17, 15) is 4.39 Å². The van der Waals surface area contributed by atoms with Gasteiger partial charge in [-0.25, -0.2) is 4.39 Å². The second-order valence-electron chi connectivity index (χ2n) is 3.69. The zero-order valence-corrected chi connectivity index (χ0v) is 10.9. The number of benzene rings is 1. The minimum atomic E-state index is -0.381. The fourth-order valence-corrected chi connectivity index (χ4v) is 2.42. The van der Waals surface area contributed by atoms with Crippen molar-refractivity contribution in [2.45, 2.75) is 12.5 Å². The van der Waals surface area contributed by atoms with Crippen LogP contribution < -0.4 is 5.32 Å². The number of hydrogen-bond acceptors (Lipinski definition) is 3. The highest BCUT2D eigenvalue weighted by atomic mass is 35.5. The fraction of sp³-hybridized carbons (Fsp3) is 0.250. The molecule has 0 aliphatic heterocycles. The van der Waals surface area contributed by atoms with Crippen LogP contribution in [0.4, 0.5) is 4.39 Å². The lowest BCUT2D eigenvalue weighted by molar-refractivity contribution is 0.580. The maximum Gasteiger partial charge on any atom is 0.142 e. The molecule has 1 unspecified atom stereocenters. The summed E-state index contributed by atoms with van der Waals surface area (Å²) in [4.78, 5) is 5.20. The minimum Gasteiger partial charge on any atom is -0.313 e. The van der Waals surface area contributed by atoms with Crippen LogP contribution in [-0.2, 0) is 6.42 Å². The van der Waals surface area contributed by atoms with Crippen molar-refractivity contribution >= 4 is 22.9 Å². The molecule has 0 fully saturated rings. The van der Waals surface area contributed by atoms with Crippen molar-refractivity contribution in [3.63, 3.8) is 0 Å². The van der Waals surface area contributed by atoms with Crippen LogP contribution in [-0.4, -0.2) is 12.0 Å². The first-order valence-electron chi connectivity index (χ1n) is 5.20. The van der Waals surface area contributed by atoms with Crippen molar-refractivity contribution in [2.75, 3.05) is 7.05 Å². The second kappa shape index (κ2) is 5.58. The molecule has 17 heavy (non-hydrogen) atoms. The molecule has 1 heterocycles. The second-order valence-corrected chi connectivity index (χ2v) is 5.06. The minimum absolute atomic E-state index is 0.0715. The van der Waals surface area contributed by atoms with Crippen LogP contribution >= 0.6 is 22.9 Å². The first-order chi connectivity index (χ1) is 8.20. The molecule has 0 spiro atoms. The molecule has 0 amide bonds. The molecule has 2 rings (SSSR count). The largest absolute Gasteiger partial charge is 0.313 e. The van der Waals surface area contributed by atoms with Gasteiger partial charge in [0, 0.05) is 23.5 Å². The summed E-state index contributed by atoms with van der Waals surface area (Å²) in [7, 11) is 1.86. The lowest BCUT2D eigenvalue weighted by atomic mass is 10.0. The molecule has 2 aromatic rings. The number of likely N-dealkylation sites (N-methyl/N-ethyl adjacent to an activating group) is 1. The van der Waals surface area contributed by atoms with Crippen molar-refractivity contribution in [3.05, 3.63) is 51.2 Å². The van der Waals surface area contributed by atoms with Gasteiger partial charge >= 0.3 is 0 Å². The highest BCUT2D eigenvalue weighted by molar-refractivity contribution is 7.09. The molecule has 0 aliphatic carbocycles. The molecule has 1 N–H and O–H groups in total. The van der Waals surface area contributed by atoms with Crippen molar-refractivity contribution < 1.29 is 4.39 Å². The molecular weight excluding hydrogens is 259 g/mol. The van der Waals surface area contributed by atoms with E-state index in [-0.39, 0.29) is 16.9 Å². The first kappa shape index (κ1) is 12.5. The standard InChI is InChI=1S/C12H12ClFN2S/c1-15-12(5-9-6-16-7-17-9)8-2-3-10(13)11(14)4-8/h2-4,6-7,12,15H,5H2,1H3. The fourth-order valence-electron chi connectivity index (χ4n) is 1.66. The monoisotopic (exact) mass is 270 g/mol. The zero-order chi connectivity index (χ0) is 12.3. The van der Waals surface area contributed by atoms with Crippen molar-refractivity contribution in [1.82, 2.24) is 10.3 Å². The van der Waals surface area contributed by atoms with Gasteiger partial charge in [0.2, 0.25) is 0 Å². The average Bonchev–Trinajstić information content (AvgIpc) is 2.82. The summed E-state index contributed by atoms with van der Waals surface area (Å²) in [5.41, 5.74) is 2.69. The van der Waals surface area contributed by atoms with E-state index in [1.54, 1.807) is 22.9 Å². The van der Waals surface area contributed by atoms with E-state index < -0.39 is 0 Å². The van der Waals surface area contributed by atoms with Crippen LogP contribution in [0, 0.1) is 5.82 Å². The SMILES string of the molecule is CNC(Cc1cncs1)c1ccc(Cl)c(F)c1. The summed E-state index contributed by atoms with van der Waals surface area (Å²) < 4.78 is 13.4. The summed E-state index contributed by atoms with van der Waals surface area (Å²) in [6, 6.07) is 4.98. The molecule has 1 aromatic heterocycles. The molecule has 5 heteroatoms. The Morgan fingerprint density at radius 3 is 2.94 bits per heavy atom. The third-order valence-corrected chi connectivity index (χ3v) is 3.69. The predicted octanol–water partition coefficient (Wildman–Crippen LogP) is 3.44. The maximum atomic E-state index is 13.4. The van der Waals surface area contributed by atoms with Crippen molar-refractivity contribution in [1.29, 1.82) is 0 Å². The van der Waals surface area contributed by atoms with Gasteiger partial charge in [-0.15, -0.1) is 11.3 Å². The lowest BCUT2D eigenvalue weighted by Gasteiger charge is -2.15. The van der Waals surface area contributed by atoms with Crippen LogP contribution in [0.25, 0.3) is 0 Å². The van der Waals surface area contributed by atoms with Gasteiger partial charge in [-0.2, -0.15) is 0 Å². The highest BCUT2D eigenvalue weighted by Crippen LogP contribution is 2.23. The van der Waals surface area contributed by atoms with E-state index in [0.29, 0.717) is 0 Å². The number of nitrogens with one attached hydrogen (secondary N) is 1. The van der Waals surface area contributed by atoms with E-state index in [0.717, 1.165) is 12.0 Å². The Kier molecular flexibility index (Phi) is 4.10.